The monoisotopic (exact) mass is 1010 g/mol. The number of phosphoric ester groups is 1. The van der Waals surface area contributed by atoms with Gasteiger partial charge in [-0.1, -0.05) is 309 Å². The first-order valence-corrected chi connectivity index (χ1v) is 32.6. The van der Waals surface area contributed by atoms with Crippen molar-refractivity contribution < 1.29 is 32.9 Å². The average Bonchev–Trinajstić information content (AvgIpc) is 3.32. The summed E-state index contributed by atoms with van der Waals surface area (Å²) in [6.45, 7) is 4.85. The molecular formula is C61H124N2O6P+. The van der Waals surface area contributed by atoms with E-state index in [1.165, 1.54) is 263 Å². The number of allylic oxidation sites excluding steroid dienone is 1. The van der Waals surface area contributed by atoms with Crippen molar-refractivity contribution in [1.82, 2.24) is 5.32 Å². The number of quaternary nitrogens is 1. The lowest BCUT2D eigenvalue weighted by Gasteiger charge is -2.25. The first-order valence-electron chi connectivity index (χ1n) is 31.1. The maximum atomic E-state index is 13.0. The van der Waals surface area contributed by atoms with E-state index < -0.39 is 20.0 Å². The van der Waals surface area contributed by atoms with Crippen LogP contribution < -0.4 is 5.32 Å². The van der Waals surface area contributed by atoms with E-state index in [0.29, 0.717) is 17.4 Å². The zero-order valence-electron chi connectivity index (χ0n) is 47.8. The van der Waals surface area contributed by atoms with Crippen molar-refractivity contribution in [3.63, 3.8) is 0 Å². The third kappa shape index (κ3) is 55.0. The van der Waals surface area contributed by atoms with Gasteiger partial charge in [0.05, 0.1) is 39.9 Å². The van der Waals surface area contributed by atoms with E-state index in [2.05, 4.69) is 19.2 Å². The average molecular weight is 1010 g/mol. The van der Waals surface area contributed by atoms with Crippen LogP contribution in [-0.4, -0.2) is 73.4 Å². The number of aliphatic hydroxyl groups excluding tert-OH is 1. The lowest BCUT2D eigenvalue weighted by atomic mass is 10.0. The number of hydrogen-bond donors (Lipinski definition) is 3. The largest absolute Gasteiger partial charge is 0.472 e. The molecule has 0 bridgehead atoms. The summed E-state index contributed by atoms with van der Waals surface area (Å²) in [6.07, 6.45) is 66.4. The van der Waals surface area contributed by atoms with Crippen LogP contribution in [-0.2, 0) is 18.4 Å². The summed E-state index contributed by atoms with van der Waals surface area (Å²) >= 11 is 0. The van der Waals surface area contributed by atoms with Crippen LogP contribution >= 0.6 is 7.82 Å². The molecule has 3 N–H and O–H groups in total. The number of nitrogens with one attached hydrogen (secondary N) is 1. The van der Waals surface area contributed by atoms with E-state index in [0.717, 1.165) is 38.5 Å². The highest BCUT2D eigenvalue weighted by molar-refractivity contribution is 7.47. The van der Waals surface area contributed by atoms with Gasteiger partial charge in [0.1, 0.15) is 13.2 Å². The van der Waals surface area contributed by atoms with Crippen molar-refractivity contribution in [2.45, 2.75) is 334 Å². The Bertz CT molecular complexity index is 1150. The molecule has 0 aliphatic carbocycles. The number of phosphoric acid groups is 1. The highest BCUT2D eigenvalue weighted by Crippen LogP contribution is 2.43. The predicted octanol–water partition coefficient (Wildman–Crippen LogP) is 19.0. The van der Waals surface area contributed by atoms with Crippen molar-refractivity contribution >= 4 is 13.7 Å². The van der Waals surface area contributed by atoms with Gasteiger partial charge < -0.3 is 19.8 Å². The van der Waals surface area contributed by atoms with E-state index in [4.69, 9.17) is 9.05 Å². The Balaban J connectivity index is 3.90. The van der Waals surface area contributed by atoms with Crippen molar-refractivity contribution in [3.05, 3.63) is 12.2 Å². The van der Waals surface area contributed by atoms with Crippen LogP contribution in [0, 0.1) is 0 Å². The summed E-state index contributed by atoms with van der Waals surface area (Å²) in [4.78, 5) is 23.3. The van der Waals surface area contributed by atoms with Crippen molar-refractivity contribution in [1.29, 1.82) is 0 Å². The van der Waals surface area contributed by atoms with Crippen molar-refractivity contribution in [3.8, 4) is 0 Å². The second-order valence-electron chi connectivity index (χ2n) is 22.8. The molecule has 0 aliphatic rings. The van der Waals surface area contributed by atoms with E-state index in [-0.39, 0.29) is 19.1 Å². The van der Waals surface area contributed by atoms with E-state index >= 15 is 0 Å². The van der Waals surface area contributed by atoms with Crippen molar-refractivity contribution in [2.75, 3.05) is 40.9 Å². The van der Waals surface area contributed by atoms with E-state index in [1.54, 1.807) is 6.08 Å². The minimum Gasteiger partial charge on any atom is -0.387 e. The van der Waals surface area contributed by atoms with Crippen LogP contribution in [0.5, 0.6) is 0 Å². The summed E-state index contributed by atoms with van der Waals surface area (Å²) in [7, 11) is 1.59. The van der Waals surface area contributed by atoms with Crippen LogP contribution in [0.2, 0.25) is 0 Å². The normalized spacial score (nSPS) is 13.9. The number of amides is 1. The minimum atomic E-state index is -4.34. The number of nitrogens with zero attached hydrogens (tertiary/aromatic N) is 1. The molecule has 418 valence electrons. The number of carbonyl (C=O) groups is 1. The fraction of sp³-hybridized carbons (Fsp3) is 0.951. The first-order chi connectivity index (χ1) is 34.0. The molecule has 0 saturated heterocycles. The maximum Gasteiger partial charge on any atom is 0.472 e. The maximum absolute atomic E-state index is 13.0. The lowest BCUT2D eigenvalue weighted by molar-refractivity contribution is -0.870. The Morgan fingerprint density at radius 2 is 0.757 bits per heavy atom. The molecule has 0 aromatic rings. The van der Waals surface area contributed by atoms with E-state index in [9.17, 15) is 19.4 Å². The highest BCUT2D eigenvalue weighted by Gasteiger charge is 2.27. The van der Waals surface area contributed by atoms with Crippen LogP contribution in [0.4, 0.5) is 0 Å². The van der Waals surface area contributed by atoms with Gasteiger partial charge in [-0.25, -0.2) is 4.57 Å². The van der Waals surface area contributed by atoms with Crippen LogP contribution in [0.3, 0.4) is 0 Å². The second-order valence-corrected chi connectivity index (χ2v) is 24.3. The molecule has 9 heteroatoms. The molecule has 3 atom stereocenters. The zero-order chi connectivity index (χ0) is 51.3. The number of carbonyl (C=O) groups excluding carboxylic acids is 1. The van der Waals surface area contributed by atoms with Crippen LogP contribution in [0.25, 0.3) is 0 Å². The van der Waals surface area contributed by atoms with Gasteiger partial charge in [0, 0.05) is 6.42 Å². The Morgan fingerprint density at radius 3 is 1.06 bits per heavy atom. The van der Waals surface area contributed by atoms with Gasteiger partial charge in [-0.05, 0) is 19.3 Å². The molecule has 0 saturated carbocycles. The summed E-state index contributed by atoms with van der Waals surface area (Å²) < 4.78 is 23.7. The molecule has 3 unspecified atom stereocenters. The second kappa shape index (κ2) is 53.1. The van der Waals surface area contributed by atoms with Gasteiger partial charge >= 0.3 is 7.82 Å². The van der Waals surface area contributed by atoms with Gasteiger partial charge in [0.25, 0.3) is 0 Å². The Kier molecular flexibility index (Phi) is 52.5. The van der Waals surface area contributed by atoms with E-state index in [1.807, 2.05) is 27.2 Å². The number of hydrogen-bond acceptors (Lipinski definition) is 5. The summed E-state index contributed by atoms with van der Waals surface area (Å²) in [5.74, 6) is -0.170. The molecule has 1 amide bonds. The molecule has 0 spiro atoms. The van der Waals surface area contributed by atoms with Gasteiger partial charge in [0.15, 0.2) is 0 Å². The summed E-state index contributed by atoms with van der Waals surface area (Å²) in [6, 6.07) is -0.841. The molecule has 0 aromatic carbocycles. The number of unbranched alkanes of at least 4 members (excludes halogenated alkanes) is 45. The van der Waals surface area contributed by atoms with Gasteiger partial charge in [-0.3, -0.25) is 13.8 Å². The standard InChI is InChI=1S/C61H123N2O6P/c1-6-8-10-12-14-16-18-20-21-22-23-24-25-26-27-28-29-30-31-32-33-34-35-36-37-38-39-40-41-43-45-47-49-51-53-55-61(65)62-59(58-69-70(66,67)68-57-56-63(3,4)5)60(64)54-52-50-48-46-44-42-19-17-15-13-11-9-7-2/h52,54,59-60,64H,6-51,53,55-58H2,1-5H3,(H-,62,65,66,67)/p+1/b54-52+. The molecule has 0 heterocycles. The fourth-order valence-electron chi connectivity index (χ4n) is 9.63. The third-order valence-corrected chi connectivity index (χ3v) is 15.5. The van der Waals surface area contributed by atoms with Gasteiger partial charge in [-0.2, -0.15) is 0 Å². The molecule has 0 radical (unpaired) electrons. The molecule has 0 aromatic heterocycles. The quantitative estimate of drug-likeness (QED) is 0.0243. The molecular weight excluding hydrogens is 888 g/mol. The summed E-state index contributed by atoms with van der Waals surface area (Å²) in [5.41, 5.74) is 0. The highest BCUT2D eigenvalue weighted by atomic mass is 31.2. The molecule has 8 nitrogen and oxygen atoms in total. The molecule has 0 fully saturated rings. The number of likely N-dealkylation sites (N-methyl/N-ethyl adjacent to an activating group) is 1. The molecule has 70 heavy (non-hydrogen) atoms. The Morgan fingerprint density at radius 1 is 0.471 bits per heavy atom. The molecule has 0 rings (SSSR count). The predicted molar refractivity (Wildman–Crippen MR) is 305 cm³/mol. The lowest BCUT2D eigenvalue weighted by Crippen LogP contribution is -2.45. The minimum absolute atomic E-state index is 0.0650. The van der Waals surface area contributed by atoms with Crippen molar-refractivity contribution in [2.24, 2.45) is 0 Å². The van der Waals surface area contributed by atoms with Crippen LogP contribution in [0.15, 0.2) is 12.2 Å². The van der Waals surface area contributed by atoms with Gasteiger partial charge in [0.2, 0.25) is 5.91 Å². The SMILES string of the molecule is CCCCCCCCCCCCC/C=C/C(O)C(COP(=O)(O)OCC[N+](C)(C)C)NC(=O)CCCCCCCCCCCCCCCCCCCCCCCCCCCCCCCCCCCCC. The fourth-order valence-corrected chi connectivity index (χ4v) is 10.4. The smallest absolute Gasteiger partial charge is 0.387 e. The zero-order valence-corrected chi connectivity index (χ0v) is 48.7. The molecule has 0 aliphatic heterocycles. The summed E-state index contributed by atoms with van der Waals surface area (Å²) in [5, 5.41) is 13.9. The third-order valence-electron chi connectivity index (χ3n) is 14.5. The van der Waals surface area contributed by atoms with Gasteiger partial charge in [-0.15, -0.1) is 0 Å². The van der Waals surface area contributed by atoms with Crippen LogP contribution in [0.1, 0.15) is 322 Å². The number of aliphatic hydroxyl groups is 1. The Hall–Kier alpha value is -0.760. The topological polar surface area (TPSA) is 105 Å². The first kappa shape index (κ1) is 69.2. The number of rotatable bonds is 58. The Labute approximate surface area is 437 Å².